The van der Waals surface area contributed by atoms with Gasteiger partial charge in [-0.25, -0.2) is 9.37 Å². The second-order valence-corrected chi connectivity index (χ2v) is 5.17. The Bertz CT molecular complexity index is 597. The van der Waals surface area contributed by atoms with Crippen molar-refractivity contribution in [2.24, 2.45) is 0 Å². The first-order valence-electron chi connectivity index (χ1n) is 5.80. The number of carbonyl (C=O) groups is 1. The zero-order valence-electron chi connectivity index (χ0n) is 10.4. The molecule has 0 bridgehead atoms. The second-order valence-electron chi connectivity index (χ2n) is 4.10. The van der Waals surface area contributed by atoms with E-state index < -0.39 is 11.7 Å². The number of benzene rings is 1. The number of hydrogen-bond donors (Lipinski definition) is 2. The Morgan fingerprint density at radius 3 is 2.95 bits per heavy atom. The molecular formula is C13H14FN3OS. The molecule has 0 saturated carbocycles. The molecule has 1 heterocycles. The number of nitrogens with two attached hydrogens (primary N) is 1. The zero-order chi connectivity index (χ0) is 13.8. The topological polar surface area (TPSA) is 68.0 Å². The van der Waals surface area contributed by atoms with Gasteiger partial charge in [-0.2, -0.15) is 0 Å². The molecular weight excluding hydrogens is 265 g/mol. The van der Waals surface area contributed by atoms with Gasteiger partial charge in [0, 0.05) is 24.0 Å². The minimum absolute atomic E-state index is 0.00339. The maximum Gasteiger partial charge on any atom is 0.254 e. The van der Waals surface area contributed by atoms with Gasteiger partial charge in [-0.05, 0) is 25.1 Å². The Balaban J connectivity index is 1.90. The van der Waals surface area contributed by atoms with Crippen molar-refractivity contribution in [3.05, 3.63) is 45.7 Å². The van der Waals surface area contributed by atoms with Crippen LogP contribution in [-0.4, -0.2) is 17.4 Å². The average Bonchev–Trinajstić information content (AvgIpc) is 2.75. The van der Waals surface area contributed by atoms with E-state index in [4.69, 9.17) is 5.73 Å². The number of anilines is 1. The van der Waals surface area contributed by atoms with Crippen LogP contribution in [-0.2, 0) is 6.42 Å². The van der Waals surface area contributed by atoms with E-state index in [1.807, 2.05) is 12.3 Å². The van der Waals surface area contributed by atoms with Gasteiger partial charge in [-0.1, -0.05) is 0 Å². The lowest BCUT2D eigenvalue weighted by Gasteiger charge is -2.05. The third kappa shape index (κ3) is 3.51. The largest absolute Gasteiger partial charge is 0.399 e. The molecule has 1 aromatic carbocycles. The molecule has 19 heavy (non-hydrogen) atoms. The Morgan fingerprint density at radius 2 is 2.32 bits per heavy atom. The summed E-state index contributed by atoms with van der Waals surface area (Å²) in [6, 6.07) is 4.02. The summed E-state index contributed by atoms with van der Waals surface area (Å²) >= 11 is 1.57. The lowest BCUT2D eigenvalue weighted by atomic mass is 10.2. The number of aromatic nitrogens is 1. The Kier molecular flexibility index (Phi) is 4.11. The van der Waals surface area contributed by atoms with Crippen molar-refractivity contribution in [3.8, 4) is 0 Å². The highest BCUT2D eigenvalue weighted by Crippen LogP contribution is 2.12. The van der Waals surface area contributed by atoms with Crippen molar-refractivity contribution in [1.82, 2.24) is 10.3 Å². The first-order valence-corrected chi connectivity index (χ1v) is 6.68. The SMILES string of the molecule is Cc1nc(CCNC(=O)c2ccc(N)cc2F)cs1. The predicted octanol–water partition coefficient (Wildman–Crippen LogP) is 2.15. The molecule has 0 fully saturated rings. The number of carbonyl (C=O) groups excluding carboxylic acids is 1. The highest BCUT2D eigenvalue weighted by Gasteiger charge is 2.11. The van der Waals surface area contributed by atoms with Crippen LogP contribution in [0.25, 0.3) is 0 Å². The van der Waals surface area contributed by atoms with Gasteiger partial charge in [-0.3, -0.25) is 4.79 Å². The number of aryl methyl sites for hydroxylation is 1. The Labute approximate surface area is 114 Å². The van der Waals surface area contributed by atoms with Gasteiger partial charge in [0.25, 0.3) is 5.91 Å². The van der Waals surface area contributed by atoms with Crippen LogP contribution >= 0.6 is 11.3 Å². The standard InChI is InChI=1S/C13H14FN3OS/c1-8-17-10(7-19-8)4-5-16-13(18)11-3-2-9(15)6-12(11)14/h2-3,6-7H,4-5,15H2,1H3,(H,16,18). The second kappa shape index (κ2) is 5.79. The van der Waals surface area contributed by atoms with Crippen LogP contribution in [0.5, 0.6) is 0 Å². The third-order valence-electron chi connectivity index (χ3n) is 2.57. The maximum absolute atomic E-state index is 13.5. The molecule has 0 radical (unpaired) electrons. The summed E-state index contributed by atoms with van der Waals surface area (Å²) in [5.74, 6) is -1.05. The summed E-state index contributed by atoms with van der Waals surface area (Å²) in [6.45, 7) is 2.35. The number of thiazole rings is 1. The molecule has 0 saturated heterocycles. The van der Waals surface area contributed by atoms with Crippen molar-refractivity contribution in [2.75, 3.05) is 12.3 Å². The van der Waals surface area contributed by atoms with Crippen molar-refractivity contribution in [2.45, 2.75) is 13.3 Å². The first kappa shape index (κ1) is 13.5. The van der Waals surface area contributed by atoms with Gasteiger partial charge >= 0.3 is 0 Å². The van der Waals surface area contributed by atoms with Gasteiger partial charge in [0.05, 0.1) is 16.3 Å². The Morgan fingerprint density at radius 1 is 1.53 bits per heavy atom. The van der Waals surface area contributed by atoms with Gasteiger partial charge < -0.3 is 11.1 Å². The van der Waals surface area contributed by atoms with Crippen LogP contribution in [0.1, 0.15) is 21.1 Å². The molecule has 0 aliphatic rings. The molecule has 100 valence electrons. The molecule has 2 aromatic rings. The summed E-state index contributed by atoms with van der Waals surface area (Å²) in [5.41, 5.74) is 6.66. The number of nitrogen functional groups attached to an aromatic ring is 1. The molecule has 1 amide bonds. The number of nitrogens with zero attached hydrogens (tertiary/aromatic N) is 1. The molecule has 0 aliphatic heterocycles. The smallest absolute Gasteiger partial charge is 0.254 e. The van der Waals surface area contributed by atoms with Gasteiger partial charge in [0.1, 0.15) is 5.82 Å². The van der Waals surface area contributed by atoms with E-state index in [9.17, 15) is 9.18 Å². The van der Waals surface area contributed by atoms with Crippen LogP contribution in [0.2, 0.25) is 0 Å². The van der Waals surface area contributed by atoms with E-state index in [1.54, 1.807) is 11.3 Å². The highest BCUT2D eigenvalue weighted by atomic mass is 32.1. The molecule has 0 atom stereocenters. The number of rotatable bonds is 4. The average molecular weight is 279 g/mol. The maximum atomic E-state index is 13.5. The van der Waals surface area contributed by atoms with Crippen molar-refractivity contribution in [1.29, 1.82) is 0 Å². The van der Waals surface area contributed by atoms with Crippen molar-refractivity contribution < 1.29 is 9.18 Å². The molecule has 2 rings (SSSR count). The van der Waals surface area contributed by atoms with Crippen LogP contribution < -0.4 is 11.1 Å². The van der Waals surface area contributed by atoms with Crippen molar-refractivity contribution >= 4 is 22.9 Å². The molecule has 0 spiro atoms. The van der Waals surface area contributed by atoms with Crippen LogP contribution in [0.3, 0.4) is 0 Å². The molecule has 4 nitrogen and oxygen atoms in total. The van der Waals surface area contributed by atoms with E-state index in [1.165, 1.54) is 12.1 Å². The van der Waals surface area contributed by atoms with Gasteiger partial charge in [-0.15, -0.1) is 11.3 Å². The minimum atomic E-state index is -0.609. The highest BCUT2D eigenvalue weighted by molar-refractivity contribution is 7.09. The summed E-state index contributed by atoms with van der Waals surface area (Å²) in [7, 11) is 0. The number of nitrogens with one attached hydrogen (secondary N) is 1. The quantitative estimate of drug-likeness (QED) is 0.843. The fourth-order valence-corrected chi connectivity index (χ4v) is 2.29. The summed E-state index contributed by atoms with van der Waals surface area (Å²) in [5, 5.41) is 5.60. The monoisotopic (exact) mass is 279 g/mol. The van der Waals surface area contributed by atoms with E-state index in [0.29, 0.717) is 18.7 Å². The molecule has 0 unspecified atom stereocenters. The number of halogens is 1. The summed E-state index contributed by atoms with van der Waals surface area (Å²) in [4.78, 5) is 16.0. The number of amides is 1. The van der Waals surface area contributed by atoms with Crippen molar-refractivity contribution in [3.63, 3.8) is 0 Å². The van der Waals surface area contributed by atoms with E-state index >= 15 is 0 Å². The zero-order valence-corrected chi connectivity index (χ0v) is 11.3. The lowest BCUT2D eigenvalue weighted by Crippen LogP contribution is -2.26. The van der Waals surface area contributed by atoms with Gasteiger partial charge in [0.15, 0.2) is 0 Å². The fourth-order valence-electron chi connectivity index (χ4n) is 1.64. The van der Waals surface area contributed by atoms with Crippen LogP contribution in [0, 0.1) is 12.7 Å². The number of hydrogen-bond acceptors (Lipinski definition) is 4. The third-order valence-corrected chi connectivity index (χ3v) is 3.39. The van der Waals surface area contributed by atoms with E-state index in [2.05, 4.69) is 10.3 Å². The van der Waals surface area contributed by atoms with E-state index in [-0.39, 0.29) is 5.56 Å². The molecule has 0 aliphatic carbocycles. The van der Waals surface area contributed by atoms with Crippen LogP contribution in [0.4, 0.5) is 10.1 Å². The summed E-state index contributed by atoms with van der Waals surface area (Å²) < 4.78 is 13.5. The Hall–Kier alpha value is -1.95. The van der Waals surface area contributed by atoms with Gasteiger partial charge in [0.2, 0.25) is 0 Å². The lowest BCUT2D eigenvalue weighted by molar-refractivity contribution is 0.0950. The molecule has 1 aromatic heterocycles. The minimum Gasteiger partial charge on any atom is -0.399 e. The fraction of sp³-hybridized carbons (Fsp3) is 0.231. The molecule has 3 N–H and O–H groups in total. The van der Waals surface area contributed by atoms with Crippen LogP contribution in [0.15, 0.2) is 23.6 Å². The van der Waals surface area contributed by atoms with E-state index in [0.717, 1.165) is 16.8 Å². The summed E-state index contributed by atoms with van der Waals surface area (Å²) in [6.07, 6.45) is 0.632. The predicted molar refractivity (Wildman–Crippen MR) is 73.7 cm³/mol. The molecule has 6 heteroatoms. The first-order chi connectivity index (χ1) is 9.06. The normalized spacial score (nSPS) is 10.4.